The van der Waals surface area contributed by atoms with E-state index in [1.165, 1.54) is 4.90 Å². The van der Waals surface area contributed by atoms with Gasteiger partial charge < -0.3 is 10.4 Å². The van der Waals surface area contributed by atoms with Gasteiger partial charge in [-0.25, -0.2) is 9.59 Å². The van der Waals surface area contributed by atoms with E-state index in [9.17, 15) is 14.7 Å². The normalized spacial score (nSPS) is 24.3. The third-order valence-electron chi connectivity index (χ3n) is 3.42. The second-order valence-electron chi connectivity index (χ2n) is 4.80. The Labute approximate surface area is 119 Å². The Morgan fingerprint density at radius 3 is 2.58 bits per heavy atom. The van der Waals surface area contributed by atoms with Crippen LogP contribution in [-0.4, -0.2) is 45.2 Å². The number of carbonyl (C=O) groups is 2. The summed E-state index contributed by atoms with van der Waals surface area (Å²) in [6.45, 7) is 6.09. The minimum absolute atomic E-state index is 0.0276. The van der Waals surface area contributed by atoms with Gasteiger partial charge in [0.15, 0.2) is 0 Å². The summed E-state index contributed by atoms with van der Waals surface area (Å²) in [6.07, 6.45) is 3.58. The number of rotatable bonds is 6. The maximum Gasteiger partial charge on any atom is 0.327 e. The van der Waals surface area contributed by atoms with E-state index in [4.69, 9.17) is 0 Å². The lowest BCUT2D eigenvalue weighted by Gasteiger charge is -2.29. The van der Waals surface area contributed by atoms with E-state index in [-0.39, 0.29) is 17.4 Å². The Hall–Kier alpha value is -0.910. The van der Waals surface area contributed by atoms with E-state index in [1.807, 2.05) is 13.8 Å². The molecule has 110 valence electrons. The van der Waals surface area contributed by atoms with Crippen LogP contribution in [0.2, 0.25) is 0 Å². The second-order valence-corrected chi connectivity index (χ2v) is 6.01. The first-order chi connectivity index (χ1) is 9.04. The second kappa shape index (κ2) is 7.62. The van der Waals surface area contributed by atoms with Crippen molar-refractivity contribution in [2.75, 3.05) is 5.75 Å². The summed E-state index contributed by atoms with van der Waals surface area (Å²) in [5.74, 6) is -0.437. The van der Waals surface area contributed by atoms with Crippen molar-refractivity contribution in [2.24, 2.45) is 0 Å². The molecule has 19 heavy (non-hydrogen) atoms. The van der Waals surface area contributed by atoms with Gasteiger partial charge >= 0.3 is 12.0 Å². The van der Waals surface area contributed by atoms with E-state index < -0.39 is 12.0 Å². The first kappa shape index (κ1) is 16.1. The van der Waals surface area contributed by atoms with Crippen LogP contribution < -0.4 is 5.32 Å². The van der Waals surface area contributed by atoms with Crippen LogP contribution in [-0.2, 0) is 4.79 Å². The topological polar surface area (TPSA) is 69.6 Å². The number of hydrogen-bond acceptors (Lipinski definition) is 3. The number of nitrogens with zero attached hydrogens (tertiary/aromatic N) is 1. The molecular formula is C13H24N2O3S. The molecule has 5 nitrogen and oxygen atoms in total. The molecule has 1 rings (SSSR count). The van der Waals surface area contributed by atoms with Crippen LogP contribution in [0.5, 0.6) is 0 Å². The molecule has 0 aromatic rings. The van der Waals surface area contributed by atoms with Crippen LogP contribution in [0.25, 0.3) is 0 Å². The predicted octanol–water partition coefficient (Wildman–Crippen LogP) is 2.51. The summed E-state index contributed by atoms with van der Waals surface area (Å²) in [5, 5.41) is 12.1. The number of urea groups is 1. The van der Waals surface area contributed by atoms with Crippen molar-refractivity contribution >= 4 is 23.8 Å². The molecule has 0 aromatic heterocycles. The highest BCUT2D eigenvalue weighted by Crippen LogP contribution is 2.31. The van der Waals surface area contributed by atoms with E-state index >= 15 is 0 Å². The molecule has 0 spiro atoms. The molecule has 0 aromatic carbocycles. The third-order valence-corrected chi connectivity index (χ3v) is 4.87. The van der Waals surface area contributed by atoms with Crippen molar-refractivity contribution in [1.82, 2.24) is 10.2 Å². The fraction of sp³-hybridized carbons (Fsp3) is 0.846. The first-order valence-corrected chi connectivity index (χ1v) is 8.03. The highest BCUT2D eigenvalue weighted by atomic mass is 32.2. The molecule has 3 atom stereocenters. The SMILES string of the molecule is CCCC(CC)NC(=O)N1C(CC)SCC1C(=O)O. The highest BCUT2D eigenvalue weighted by molar-refractivity contribution is 8.00. The molecule has 2 N–H and O–H groups in total. The highest BCUT2D eigenvalue weighted by Gasteiger charge is 2.41. The van der Waals surface area contributed by atoms with Crippen molar-refractivity contribution in [3.63, 3.8) is 0 Å². The van der Waals surface area contributed by atoms with Crippen molar-refractivity contribution in [3.8, 4) is 0 Å². The lowest BCUT2D eigenvalue weighted by atomic mass is 10.1. The Morgan fingerprint density at radius 2 is 2.11 bits per heavy atom. The number of nitrogens with one attached hydrogen (secondary N) is 1. The van der Waals surface area contributed by atoms with Crippen LogP contribution >= 0.6 is 11.8 Å². The van der Waals surface area contributed by atoms with Gasteiger partial charge in [0.2, 0.25) is 0 Å². The van der Waals surface area contributed by atoms with Crippen LogP contribution in [0.4, 0.5) is 4.79 Å². The average Bonchev–Trinajstić information content (AvgIpc) is 2.81. The van der Waals surface area contributed by atoms with E-state index in [1.54, 1.807) is 11.8 Å². The minimum atomic E-state index is -0.915. The van der Waals surface area contributed by atoms with E-state index in [2.05, 4.69) is 12.2 Å². The lowest BCUT2D eigenvalue weighted by Crippen LogP contribution is -2.52. The fourth-order valence-electron chi connectivity index (χ4n) is 2.32. The van der Waals surface area contributed by atoms with Gasteiger partial charge in [0.05, 0.1) is 5.37 Å². The molecule has 0 saturated carbocycles. The number of amides is 2. The molecule has 1 heterocycles. The summed E-state index contributed by atoms with van der Waals surface area (Å²) in [5.41, 5.74) is 0. The first-order valence-electron chi connectivity index (χ1n) is 6.98. The van der Waals surface area contributed by atoms with Gasteiger partial charge in [-0.05, 0) is 19.3 Å². The van der Waals surface area contributed by atoms with Gasteiger partial charge in [0.25, 0.3) is 0 Å². The number of thioether (sulfide) groups is 1. The van der Waals surface area contributed by atoms with Crippen molar-refractivity contribution in [2.45, 2.75) is 63.9 Å². The van der Waals surface area contributed by atoms with Crippen LogP contribution in [0.3, 0.4) is 0 Å². The molecule has 0 radical (unpaired) electrons. The number of hydrogen-bond donors (Lipinski definition) is 2. The van der Waals surface area contributed by atoms with Crippen molar-refractivity contribution < 1.29 is 14.7 Å². The molecular weight excluding hydrogens is 264 g/mol. The zero-order valence-electron chi connectivity index (χ0n) is 11.9. The zero-order valence-corrected chi connectivity index (χ0v) is 12.7. The van der Waals surface area contributed by atoms with Crippen molar-refractivity contribution in [3.05, 3.63) is 0 Å². The molecule has 2 amide bonds. The van der Waals surface area contributed by atoms with Gasteiger partial charge in [-0.15, -0.1) is 11.8 Å². The largest absolute Gasteiger partial charge is 0.480 e. The number of carboxylic acids is 1. The Bertz CT molecular complexity index is 325. The average molecular weight is 288 g/mol. The van der Waals surface area contributed by atoms with Gasteiger partial charge in [-0.1, -0.05) is 27.2 Å². The lowest BCUT2D eigenvalue weighted by molar-refractivity contribution is -0.141. The zero-order chi connectivity index (χ0) is 14.4. The summed E-state index contributed by atoms with van der Waals surface area (Å²) in [7, 11) is 0. The fourth-order valence-corrected chi connectivity index (χ4v) is 3.66. The standard InChI is InChI=1S/C13H24N2O3S/c1-4-7-9(5-2)14-13(18)15-10(12(16)17)8-19-11(15)6-3/h9-11H,4-8H2,1-3H3,(H,14,18)(H,16,17). The number of carbonyl (C=O) groups excluding carboxylic acids is 1. The van der Waals surface area contributed by atoms with E-state index in [0.29, 0.717) is 5.75 Å². The smallest absolute Gasteiger partial charge is 0.327 e. The van der Waals surface area contributed by atoms with Crippen molar-refractivity contribution in [1.29, 1.82) is 0 Å². The van der Waals surface area contributed by atoms with Gasteiger partial charge in [-0.2, -0.15) is 0 Å². The predicted molar refractivity (Wildman–Crippen MR) is 77.3 cm³/mol. The molecule has 1 aliphatic heterocycles. The van der Waals surface area contributed by atoms with Crippen LogP contribution in [0.1, 0.15) is 46.5 Å². The summed E-state index contributed by atoms with van der Waals surface area (Å²) in [4.78, 5) is 25.0. The summed E-state index contributed by atoms with van der Waals surface area (Å²) in [6, 6.07) is -0.798. The Kier molecular flexibility index (Phi) is 6.48. The maximum atomic E-state index is 12.3. The molecule has 1 fully saturated rings. The van der Waals surface area contributed by atoms with Crippen LogP contribution in [0.15, 0.2) is 0 Å². The summed E-state index contributed by atoms with van der Waals surface area (Å²) < 4.78 is 0. The molecule has 1 saturated heterocycles. The molecule has 3 unspecified atom stereocenters. The van der Waals surface area contributed by atoms with Gasteiger partial charge in [-0.3, -0.25) is 4.90 Å². The van der Waals surface area contributed by atoms with Crippen LogP contribution in [0, 0.1) is 0 Å². The third kappa shape index (κ3) is 4.03. The van der Waals surface area contributed by atoms with E-state index in [0.717, 1.165) is 25.7 Å². The molecule has 0 aliphatic carbocycles. The van der Waals surface area contributed by atoms with Gasteiger partial charge in [0, 0.05) is 11.8 Å². The van der Waals surface area contributed by atoms with Gasteiger partial charge in [0.1, 0.15) is 6.04 Å². The Morgan fingerprint density at radius 1 is 1.42 bits per heavy atom. The quantitative estimate of drug-likeness (QED) is 0.788. The summed E-state index contributed by atoms with van der Waals surface area (Å²) >= 11 is 1.55. The molecule has 1 aliphatic rings. The number of aliphatic carboxylic acids is 1. The number of carboxylic acid groups (broad SMARTS) is 1. The molecule has 6 heteroatoms. The minimum Gasteiger partial charge on any atom is -0.480 e. The monoisotopic (exact) mass is 288 g/mol. The maximum absolute atomic E-state index is 12.3. The molecule has 0 bridgehead atoms. The Balaban J connectivity index is 2.72.